The number of aromatic nitrogens is 2. The molecule has 3 aliphatic rings. The van der Waals surface area contributed by atoms with E-state index in [1.165, 1.54) is 37.7 Å². The monoisotopic (exact) mass is 546 g/mol. The molecule has 0 radical (unpaired) electrons. The Hall–Kier alpha value is -4.32. The molecule has 0 saturated heterocycles. The van der Waals surface area contributed by atoms with Crippen molar-refractivity contribution >= 4 is 22.4 Å². The van der Waals surface area contributed by atoms with E-state index in [0.717, 1.165) is 69.2 Å². The van der Waals surface area contributed by atoms with Crippen LogP contribution in [0.5, 0.6) is 11.5 Å². The zero-order valence-corrected chi connectivity index (χ0v) is 24.2. The van der Waals surface area contributed by atoms with Crippen LogP contribution in [-0.2, 0) is 0 Å². The minimum absolute atomic E-state index is 0.315. The lowest BCUT2D eigenvalue weighted by Crippen LogP contribution is -2.19. The molecule has 1 saturated carbocycles. The summed E-state index contributed by atoms with van der Waals surface area (Å²) in [7, 11) is 3.39. The van der Waals surface area contributed by atoms with Crippen LogP contribution < -0.4 is 20.1 Å². The molecular formula is C35H38N4O2. The number of benzene rings is 4. The first-order valence-electron chi connectivity index (χ1n) is 14.7. The summed E-state index contributed by atoms with van der Waals surface area (Å²) in [5, 5.41) is 4.62. The molecule has 1 heterocycles. The lowest BCUT2D eigenvalue weighted by Gasteiger charge is -2.21. The van der Waals surface area contributed by atoms with E-state index in [1.807, 2.05) is 36.4 Å². The molecule has 2 aliphatic carbocycles. The third-order valence-corrected chi connectivity index (χ3v) is 8.04. The maximum Gasteiger partial charge on any atom is 0.119 e. The summed E-state index contributed by atoms with van der Waals surface area (Å²) < 4.78 is 13.1. The van der Waals surface area contributed by atoms with Crippen LogP contribution in [0.25, 0.3) is 28.1 Å². The number of ether oxygens (including phenoxy) is 2. The van der Waals surface area contributed by atoms with E-state index < -0.39 is 0 Å². The van der Waals surface area contributed by atoms with Gasteiger partial charge in [0.05, 0.1) is 53.7 Å². The van der Waals surface area contributed by atoms with Crippen molar-refractivity contribution in [2.45, 2.75) is 57.9 Å². The van der Waals surface area contributed by atoms with Gasteiger partial charge in [0.15, 0.2) is 0 Å². The highest BCUT2D eigenvalue weighted by Crippen LogP contribution is 2.32. The quantitative estimate of drug-likeness (QED) is 0.218. The minimum atomic E-state index is 0.315. The number of aryl methyl sites for hydroxylation is 1. The second kappa shape index (κ2) is 12.0. The van der Waals surface area contributed by atoms with Gasteiger partial charge in [-0.2, -0.15) is 0 Å². The van der Waals surface area contributed by atoms with Gasteiger partial charge in [0.2, 0.25) is 0 Å². The summed E-state index contributed by atoms with van der Waals surface area (Å²) in [6.45, 7) is 2.11. The van der Waals surface area contributed by atoms with Crippen LogP contribution in [0.2, 0.25) is 0 Å². The van der Waals surface area contributed by atoms with Crippen LogP contribution in [0, 0.1) is 6.92 Å². The summed E-state index contributed by atoms with van der Waals surface area (Å²) in [4.78, 5) is 10.6. The number of nitrogens with zero attached hydrogens (tertiary/aromatic N) is 3. The van der Waals surface area contributed by atoms with Crippen molar-refractivity contribution in [2.75, 3.05) is 19.5 Å². The van der Waals surface area contributed by atoms with Crippen LogP contribution in [-0.4, -0.2) is 29.8 Å². The van der Waals surface area contributed by atoms with E-state index >= 15 is 0 Å². The molecule has 6 heteroatoms. The molecule has 0 unspecified atom stereocenters. The second-order valence-corrected chi connectivity index (χ2v) is 11.0. The standard InChI is InChI=1S/C35H38N4O2/c1-24-11-20-34-32(21-24)38-33-22-30(37-26-12-16-28(40-2)17-13-26)31(36-25-9-7-5-4-6-8-10-25)23-35(33)39(34)27-14-18-29(41-3)19-15-27/h11-23,25,37H,4-10H2,1-3H3. The van der Waals surface area contributed by atoms with Crippen molar-refractivity contribution in [1.29, 1.82) is 0 Å². The van der Waals surface area contributed by atoms with Gasteiger partial charge in [0.1, 0.15) is 11.5 Å². The fraction of sp³-hybridized carbons (Fsp3) is 0.314. The van der Waals surface area contributed by atoms with Crippen molar-refractivity contribution < 1.29 is 9.47 Å². The Bertz CT molecular complexity index is 1660. The minimum Gasteiger partial charge on any atom is -0.497 e. The highest BCUT2D eigenvalue weighted by atomic mass is 16.5. The molecule has 0 bridgehead atoms. The van der Waals surface area contributed by atoms with E-state index in [2.05, 4.69) is 59.3 Å². The largest absolute Gasteiger partial charge is 0.497 e. The predicted molar refractivity (Wildman–Crippen MR) is 167 cm³/mol. The van der Waals surface area contributed by atoms with Crippen molar-refractivity contribution in [3.8, 4) is 28.6 Å². The molecule has 6 nitrogen and oxygen atoms in total. The van der Waals surface area contributed by atoms with Crippen molar-refractivity contribution in [3.05, 3.63) is 89.8 Å². The number of hydrogen-bond donors (Lipinski definition) is 1. The predicted octanol–water partition coefficient (Wildman–Crippen LogP) is 8.21. The Balaban J connectivity index is 1.58. The highest BCUT2D eigenvalue weighted by Gasteiger charge is 2.18. The molecule has 0 amide bonds. The zero-order chi connectivity index (χ0) is 28.2. The molecule has 1 N–H and O–H groups in total. The molecule has 210 valence electrons. The number of fused-ring (bicyclic) bond motifs is 2. The molecule has 41 heavy (non-hydrogen) atoms. The van der Waals surface area contributed by atoms with E-state index in [9.17, 15) is 0 Å². The molecule has 0 atom stereocenters. The van der Waals surface area contributed by atoms with Crippen molar-refractivity contribution in [1.82, 2.24) is 9.55 Å². The van der Waals surface area contributed by atoms with Crippen LogP contribution in [0.15, 0.2) is 83.9 Å². The maximum atomic E-state index is 5.45. The van der Waals surface area contributed by atoms with E-state index in [0.29, 0.717) is 6.04 Å². The highest BCUT2D eigenvalue weighted by molar-refractivity contribution is 5.84. The van der Waals surface area contributed by atoms with Gasteiger partial charge in [-0.1, -0.05) is 38.2 Å². The summed E-state index contributed by atoms with van der Waals surface area (Å²) in [6, 6.07) is 27.4. The summed E-state index contributed by atoms with van der Waals surface area (Å²) in [5.41, 5.74) is 8.12. The first-order valence-corrected chi connectivity index (χ1v) is 14.7. The van der Waals surface area contributed by atoms with Gasteiger partial charge in [-0.05, 0) is 98.1 Å². The average molecular weight is 547 g/mol. The molecular weight excluding hydrogens is 508 g/mol. The smallest absolute Gasteiger partial charge is 0.119 e. The van der Waals surface area contributed by atoms with E-state index in [-0.39, 0.29) is 0 Å². The van der Waals surface area contributed by atoms with Gasteiger partial charge >= 0.3 is 0 Å². The molecule has 0 aromatic heterocycles. The Morgan fingerprint density at radius 3 is 2.12 bits per heavy atom. The lowest BCUT2D eigenvalue weighted by atomic mass is 9.97. The number of rotatable bonds is 6. The van der Waals surface area contributed by atoms with Gasteiger partial charge in [-0.15, -0.1) is 0 Å². The first kappa shape index (κ1) is 26.9. The molecule has 3 aromatic rings. The maximum absolute atomic E-state index is 5.45. The van der Waals surface area contributed by atoms with Crippen molar-refractivity contribution in [3.63, 3.8) is 0 Å². The van der Waals surface area contributed by atoms with Crippen LogP contribution >= 0.6 is 0 Å². The molecule has 1 aliphatic heterocycles. The fourth-order valence-electron chi connectivity index (χ4n) is 5.81. The molecule has 3 aromatic carbocycles. The molecule has 0 spiro atoms. The topological polar surface area (TPSA) is 60.7 Å². The van der Waals surface area contributed by atoms with Gasteiger partial charge < -0.3 is 19.4 Å². The van der Waals surface area contributed by atoms with Gasteiger partial charge in [0.25, 0.3) is 0 Å². The molecule has 6 rings (SSSR count). The Kier molecular flexibility index (Phi) is 7.90. The third-order valence-electron chi connectivity index (χ3n) is 8.04. The second-order valence-electron chi connectivity index (χ2n) is 11.0. The van der Waals surface area contributed by atoms with Crippen LogP contribution in [0.3, 0.4) is 0 Å². The van der Waals surface area contributed by atoms with Crippen LogP contribution in [0.4, 0.5) is 11.4 Å². The van der Waals surface area contributed by atoms with Gasteiger partial charge in [-0.3, -0.25) is 4.99 Å². The van der Waals surface area contributed by atoms with E-state index in [4.69, 9.17) is 19.5 Å². The number of anilines is 2. The Labute approximate surface area is 242 Å². The fourth-order valence-corrected chi connectivity index (χ4v) is 5.81. The Morgan fingerprint density at radius 2 is 1.44 bits per heavy atom. The Morgan fingerprint density at radius 1 is 0.780 bits per heavy atom. The van der Waals surface area contributed by atoms with Crippen molar-refractivity contribution in [2.24, 2.45) is 4.99 Å². The number of hydrogen-bond acceptors (Lipinski definition) is 5. The third kappa shape index (κ3) is 5.92. The SMILES string of the molecule is COc1ccc(Nc2cc3nc4cc(C)ccc4n(-c4ccc(OC)cc4)c-3cc2=NC2CCCCCCC2)cc1. The van der Waals surface area contributed by atoms with E-state index in [1.54, 1.807) is 14.2 Å². The van der Waals surface area contributed by atoms with Gasteiger partial charge in [-0.25, -0.2) is 4.98 Å². The zero-order valence-electron chi connectivity index (χ0n) is 24.2. The lowest BCUT2D eigenvalue weighted by molar-refractivity contribution is 0.414. The average Bonchev–Trinajstić information content (AvgIpc) is 2.98. The number of nitrogens with one attached hydrogen (secondary N) is 1. The normalized spacial score (nSPS) is 15.0. The van der Waals surface area contributed by atoms with Gasteiger partial charge in [0, 0.05) is 11.4 Å². The van der Waals surface area contributed by atoms with Crippen LogP contribution in [0.1, 0.15) is 50.5 Å². The summed E-state index contributed by atoms with van der Waals surface area (Å²) in [5.74, 6) is 1.66. The summed E-state index contributed by atoms with van der Waals surface area (Å²) in [6.07, 6.45) is 8.68. The molecule has 1 fully saturated rings. The summed E-state index contributed by atoms with van der Waals surface area (Å²) >= 11 is 0. The first-order chi connectivity index (χ1) is 20.1. The number of methoxy groups -OCH3 is 2.